The molecule has 0 aromatic carbocycles. The van der Waals surface area contributed by atoms with Crippen LogP contribution in [0.5, 0.6) is 0 Å². The Morgan fingerprint density at radius 3 is 3.05 bits per heavy atom. The van der Waals surface area contributed by atoms with Gasteiger partial charge in [-0.1, -0.05) is 0 Å². The van der Waals surface area contributed by atoms with E-state index in [2.05, 4.69) is 30.4 Å². The fraction of sp³-hybridized carbons (Fsp3) is 0.583. The van der Waals surface area contributed by atoms with E-state index in [1.165, 1.54) is 23.8 Å². The second-order valence-electron chi connectivity index (χ2n) is 4.86. The Morgan fingerprint density at radius 2 is 2.29 bits per heavy atom. The zero-order chi connectivity index (χ0) is 14.5. The molecule has 1 aliphatic heterocycles. The van der Waals surface area contributed by atoms with Crippen molar-refractivity contribution >= 4 is 11.9 Å². The molecule has 9 nitrogen and oxygen atoms in total. The van der Waals surface area contributed by atoms with Crippen LogP contribution in [0.3, 0.4) is 0 Å². The van der Waals surface area contributed by atoms with Crippen LogP contribution in [0.25, 0.3) is 5.95 Å². The van der Waals surface area contributed by atoms with E-state index >= 15 is 0 Å². The van der Waals surface area contributed by atoms with Crippen molar-refractivity contribution in [2.45, 2.75) is 31.8 Å². The highest BCUT2D eigenvalue weighted by molar-refractivity contribution is 5.34. The van der Waals surface area contributed by atoms with E-state index in [1.807, 2.05) is 0 Å². The van der Waals surface area contributed by atoms with Crippen molar-refractivity contribution < 1.29 is 4.74 Å². The van der Waals surface area contributed by atoms with Crippen molar-refractivity contribution in [2.24, 2.45) is 0 Å². The standard InChI is InChI=1S/C12H18N8O/c13-10-17-11(15-5-4-9-3-1-2-6-21-9)19-12(18-10)20-8-14-7-16-20/h7-9H,1-6H2,(H3,13,15,17,18,19). The van der Waals surface area contributed by atoms with Crippen LogP contribution in [-0.4, -0.2) is 49.0 Å². The Labute approximate surface area is 122 Å². The van der Waals surface area contributed by atoms with Crippen LogP contribution in [0.15, 0.2) is 12.7 Å². The number of nitrogens with one attached hydrogen (secondary N) is 1. The average Bonchev–Trinajstić information content (AvgIpc) is 3.02. The number of hydrogen-bond acceptors (Lipinski definition) is 8. The first-order chi connectivity index (χ1) is 10.3. The topological polar surface area (TPSA) is 117 Å². The summed E-state index contributed by atoms with van der Waals surface area (Å²) in [6.45, 7) is 1.59. The van der Waals surface area contributed by atoms with Gasteiger partial charge in [0.1, 0.15) is 12.7 Å². The summed E-state index contributed by atoms with van der Waals surface area (Å²) < 4.78 is 7.12. The van der Waals surface area contributed by atoms with Crippen molar-refractivity contribution in [1.29, 1.82) is 0 Å². The van der Waals surface area contributed by atoms with E-state index < -0.39 is 0 Å². The minimum atomic E-state index is 0.145. The highest BCUT2D eigenvalue weighted by Gasteiger charge is 2.13. The summed E-state index contributed by atoms with van der Waals surface area (Å²) in [4.78, 5) is 16.2. The molecule has 0 spiro atoms. The molecule has 0 saturated carbocycles. The lowest BCUT2D eigenvalue weighted by Gasteiger charge is -2.22. The fourth-order valence-corrected chi connectivity index (χ4v) is 2.25. The Hall–Kier alpha value is -2.29. The molecular weight excluding hydrogens is 272 g/mol. The second-order valence-corrected chi connectivity index (χ2v) is 4.86. The zero-order valence-corrected chi connectivity index (χ0v) is 11.6. The van der Waals surface area contributed by atoms with E-state index in [1.54, 1.807) is 0 Å². The molecule has 0 amide bonds. The zero-order valence-electron chi connectivity index (χ0n) is 11.6. The van der Waals surface area contributed by atoms with Crippen LogP contribution in [0.4, 0.5) is 11.9 Å². The number of rotatable bonds is 5. The third-order valence-corrected chi connectivity index (χ3v) is 3.29. The number of aromatic nitrogens is 6. The van der Waals surface area contributed by atoms with Crippen molar-refractivity contribution in [2.75, 3.05) is 24.2 Å². The largest absolute Gasteiger partial charge is 0.378 e. The number of nitrogens with two attached hydrogens (primary N) is 1. The van der Waals surface area contributed by atoms with Crippen molar-refractivity contribution in [3.05, 3.63) is 12.7 Å². The summed E-state index contributed by atoms with van der Waals surface area (Å²) in [5, 5.41) is 7.12. The summed E-state index contributed by atoms with van der Waals surface area (Å²) in [5.74, 6) is 0.923. The van der Waals surface area contributed by atoms with Gasteiger partial charge < -0.3 is 15.8 Å². The quantitative estimate of drug-likeness (QED) is 0.813. The first-order valence-electron chi connectivity index (χ1n) is 7.03. The molecule has 0 aliphatic carbocycles. The Morgan fingerprint density at radius 1 is 1.33 bits per heavy atom. The molecule has 0 radical (unpaired) electrons. The molecule has 3 rings (SSSR count). The van der Waals surface area contributed by atoms with Gasteiger partial charge in [-0.3, -0.25) is 0 Å². The molecule has 3 N–H and O–H groups in total. The lowest BCUT2D eigenvalue weighted by Crippen LogP contribution is -2.22. The Kier molecular flexibility index (Phi) is 4.20. The second kappa shape index (κ2) is 6.44. The van der Waals surface area contributed by atoms with Crippen molar-refractivity contribution in [1.82, 2.24) is 29.7 Å². The molecule has 1 fully saturated rings. The van der Waals surface area contributed by atoms with E-state index in [4.69, 9.17) is 10.5 Å². The molecule has 2 aromatic rings. The summed E-state index contributed by atoms with van der Waals surface area (Å²) in [7, 11) is 0. The van der Waals surface area contributed by atoms with E-state index in [-0.39, 0.29) is 5.95 Å². The van der Waals surface area contributed by atoms with Gasteiger partial charge in [0.2, 0.25) is 11.9 Å². The smallest absolute Gasteiger partial charge is 0.258 e. The third-order valence-electron chi connectivity index (χ3n) is 3.29. The molecule has 2 aromatic heterocycles. The monoisotopic (exact) mass is 290 g/mol. The highest BCUT2D eigenvalue weighted by Crippen LogP contribution is 2.15. The Balaban J connectivity index is 1.60. The molecular formula is C12H18N8O. The van der Waals surface area contributed by atoms with E-state index in [0.29, 0.717) is 18.0 Å². The predicted octanol–water partition coefficient (Wildman–Crippen LogP) is 0.406. The number of nitrogen functional groups attached to an aromatic ring is 1. The molecule has 1 atom stereocenters. The van der Waals surface area contributed by atoms with Crippen LogP contribution < -0.4 is 11.1 Å². The Bertz CT molecular complexity index is 567. The molecule has 1 unspecified atom stereocenters. The maximum absolute atomic E-state index is 5.69. The number of anilines is 2. The van der Waals surface area contributed by atoms with Gasteiger partial charge in [0.05, 0.1) is 6.10 Å². The van der Waals surface area contributed by atoms with Gasteiger partial charge in [0.25, 0.3) is 5.95 Å². The molecule has 0 bridgehead atoms. The van der Waals surface area contributed by atoms with Gasteiger partial charge in [0.15, 0.2) is 0 Å². The van der Waals surface area contributed by atoms with Gasteiger partial charge in [-0.15, -0.1) is 0 Å². The van der Waals surface area contributed by atoms with Gasteiger partial charge in [-0.05, 0) is 25.7 Å². The van der Waals surface area contributed by atoms with Gasteiger partial charge in [-0.25, -0.2) is 4.98 Å². The minimum absolute atomic E-state index is 0.145. The molecule has 9 heteroatoms. The fourth-order valence-electron chi connectivity index (χ4n) is 2.25. The molecule has 1 aliphatic rings. The maximum Gasteiger partial charge on any atom is 0.258 e. The van der Waals surface area contributed by atoms with Crippen LogP contribution in [0, 0.1) is 0 Å². The highest BCUT2D eigenvalue weighted by atomic mass is 16.5. The third kappa shape index (κ3) is 3.63. The maximum atomic E-state index is 5.69. The molecule has 21 heavy (non-hydrogen) atoms. The van der Waals surface area contributed by atoms with Gasteiger partial charge >= 0.3 is 0 Å². The number of ether oxygens (including phenoxy) is 1. The number of nitrogens with zero attached hydrogens (tertiary/aromatic N) is 6. The molecule has 3 heterocycles. The molecule has 112 valence electrons. The summed E-state index contributed by atoms with van der Waals surface area (Å²) in [6, 6.07) is 0. The lowest BCUT2D eigenvalue weighted by atomic mass is 10.1. The SMILES string of the molecule is Nc1nc(NCCC2CCCCO2)nc(-n2cncn2)n1. The lowest BCUT2D eigenvalue weighted by molar-refractivity contribution is 0.0134. The van der Waals surface area contributed by atoms with Gasteiger partial charge in [0, 0.05) is 13.2 Å². The van der Waals surface area contributed by atoms with Crippen LogP contribution in [0.2, 0.25) is 0 Å². The first-order valence-corrected chi connectivity index (χ1v) is 7.03. The van der Waals surface area contributed by atoms with Crippen LogP contribution in [-0.2, 0) is 4.74 Å². The summed E-state index contributed by atoms with van der Waals surface area (Å²) in [5.41, 5.74) is 5.69. The van der Waals surface area contributed by atoms with Crippen LogP contribution in [0.1, 0.15) is 25.7 Å². The van der Waals surface area contributed by atoms with E-state index in [0.717, 1.165) is 32.4 Å². The predicted molar refractivity (Wildman–Crippen MR) is 75.9 cm³/mol. The first kappa shape index (κ1) is 13.7. The minimum Gasteiger partial charge on any atom is -0.378 e. The van der Waals surface area contributed by atoms with Crippen LogP contribution >= 0.6 is 0 Å². The van der Waals surface area contributed by atoms with E-state index in [9.17, 15) is 0 Å². The van der Waals surface area contributed by atoms with Crippen molar-refractivity contribution in [3.8, 4) is 5.95 Å². The summed E-state index contributed by atoms with van der Waals surface area (Å²) >= 11 is 0. The summed E-state index contributed by atoms with van der Waals surface area (Å²) in [6.07, 6.45) is 7.67. The molecule has 1 saturated heterocycles. The van der Waals surface area contributed by atoms with Crippen molar-refractivity contribution in [3.63, 3.8) is 0 Å². The normalized spacial score (nSPS) is 18.6. The number of hydrogen-bond donors (Lipinski definition) is 2. The average molecular weight is 290 g/mol. The van der Waals surface area contributed by atoms with Gasteiger partial charge in [-0.2, -0.15) is 24.7 Å².